The van der Waals surface area contributed by atoms with Crippen molar-refractivity contribution < 1.29 is 38.4 Å². The molecule has 0 bridgehead atoms. The zero-order valence-corrected chi connectivity index (χ0v) is 23.0. The highest BCUT2D eigenvalue weighted by molar-refractivity contribution is 5.75. The van der Waals surface area contributed by atoms with Crippen molar-refractivity contribution >= 4 is 23.3 Å². The summed E-state index contributed by atoms with van der Waals surface area (Å²) in [6, 6.07) is 13.0. The maximum absolute atomic E-state index is 12.6. The predicted octanol–water partition coefficient (Wildman–Crippen LogP) is 1.10. The van der Waals surface area contributed by atoms with Crippen LogP contribution in [0.5, 0.6) is 5.75 Å². The molecule has 41 heavy (non-hydrogen) atoms. The SMILES string of the molecule is COC(=O)[C@H](C)N[C@H](OC[C@@]1(C#N)O[C@@H](c2ccc3c(N)ncnn23)[C@H](OC(=O)C(C)C)[C@@H]1O)Oc1ccccc1. The number of carbonyl (C=O) groups is 2. The Hall–Kier alpha value is -4.29. The van der Waals surface area contributed by atoms with E-state index in [0.717, 1.165) is 0 Å². The topological polar surface area (TPSA) is 193 Å². The lowest BCUT2D eigenvalue weighted by atomic mass is 9.96. The van der Waals surface area contributed by atoms with E-state index in [9.17, 15) is 20.0 Å². The molecule has 3 aromatic rings. The second-order valence-electron chi connectivity index (χ2n) is 9.73. The Morgan fingerprint density at radius 3 is 2.61 bits per heavy atom. The lowest BCUT2D eigenvalue weighted by Gasteiger charge is -2.29. The third-order valence-corrected chi connectivity index (χ3v) is 6.52. The smallest absolute Gasteiger partial charge is 0.322 e. The fraction of sp³-hybridized carbons (Fsp3) is 0.444. The molecule has 0 saturated carbocycles. The summed E-state index contributed by atoms with van der Waals surface area (Å²) >= 11 is 0. The van der Waals surface area contributed by atoms with Crippen LogP contribution in [0, 0.1) is 17.2 Å². The molecule has 0 aliphatic carbocycles. The van der Waals surface area contributed by atoms with Crippen molar-refractivity contribution in [2.75, 3.05) is 19.5 Å². The number of anilines is 1. The monoisotopic (exact) mass is 568 g/mol. The van der Waals surface area contributed by atoms with Crippen LogP contribution >= 0.6 is 0 Å². The summed E-state index contributed by atoms with van der Waals surface area (Å²) in [4.78, 5) is 28.7. The van der Waals surface area contributed by atoms with Crippen LogP contribution in [0.3, 0.4) is 0 Å². The summed E-state index contributed by atoms with van der Waals surface area (Å²) in [5.74, 6) is -1.11. The minimum absolute atomic E-state index is 0.196. The van der Waals surface area contributed by atoms with Crippen LogP contribution in [0.15, 0.2) is 48.8 Å². The highest BCUT2D eigenvalue weighted by Crippen LogP contribution is 2.43. The number of aromatic nitrogens is 3. The van der Waals surface area contributed by atoms with Gasteiger partial charge in [0, 0.05) is 0 Å². The van der Waals surface area contributed by atoms with Crippen molar-refractivity contribution in [1.29, 1.82) is 5.26 Å². The highest BCUT2D eigenvalue weighted by atomic mass is 16.7. The average Bonchev–Trinajstić information content (AvgIpc) is 3.52. The van der Waals surface area contributed by atoms with Gasteiger partial charge in [-0.1, -0.05) is 32.0 Å². The molecule has 0 amide bonds. The molecule has 1 aromatic carbocycles. The fourth-order valence-electron chi connectivity index (χ4n) is 4.24. The molecule has 3 heterocycles. The van der Waals surface area contributed by atoms with Crippen molar-refractivity contribution in [1.82, 2.24) is 19.9 Å². The van der Waals surface area contributed by atoms with Gasteiger partial charge in [-0.2, -0.15) is 10.4 Å². The maximum Gasteiger partial charge on any atom is 0.322 e. The van der Waals surface area contributed by atoms with Crippen molar-refractivity contribution in [2.45, 2.75) is 57.1 Å². The first-order valence-corrected chi connectivity index (χ1v) is 12.8. The van der Waals surface area contributed by atoms with Crippen LogP contribution in [0.25, 0.3) is 5.52 Å². The van der Waals surface area contributed by atoms with Gasteiger partial charge in [-0.05, 0) is 31.2 Å². The number of nitrogens with two attached hydrogens (primary N) is 1. The number of ether oxygens (including phenoxy) is 5. The number of para-hydroxylation sites is 1. The number of hydrogen-bond acceptors (Lipinski definition) is 13. The van der Waals surface area contributed by atoms with Crippen molar-refractivity contribution in [2.24, 2.45) is 5.92 Å². The third kappa shape index (κ3) is 6.23. The summed E-state index contributed by atoms with van der Waals surface area (Å²) in [5, 5.41) is 28.8. The zero-order valence-electron chi connectivity index (χ0n) is 23.0. The van der Waals surface area contributed by atoms with Crippen LogP contribution in [-0.4, -0.2) is 75.6 Å². The van der Waals surface area contributed by atoms with Gasteiger partial charge < -0.3 is 34.5 Å². The molecule has 1 fully saturated rings. The number of nitrogens with one attached hydrogen (secondary N) is 1. The maximum atomic E-state index is 12.6. The summed E-state index contributed by atoms with van der Waals surface area (Å²) in [6.07, 6.45) is -4.13. The van der Waals surface area contributed by atoms with E-state index in [0.29, 0.717) is 17.0 Å². The van der Waals surface area contributed by atoms with Crippen molar-refractivity contribution in [3.05, 3.63) is 54.5 Å². The van der Waals surface area contributed by atoms with E-state index in [4.69, 9.17) is 29.4 Å². The Morgan fingerprint density at radius 2 is 1.95 bits per heavy atom. The molecule has 0 radical (unpaired) electrons. The number of esters is 2. The number of rotatable bonds is 11. The van der Waals surface area contributed by atoms with Gasteiger partial charge in [0.15, 0.2) is 11.9 Å². The quantitative estimate of drug-likeness (QED) is 0.220. The van der Waals surface area contributed by atoms with Gasteiger partial charge in [0.1, 0.15) is 41.9 Å². The molecule has 1 saturated heterocycles. The predicted molar refractivity (Wildman–Crippen MR) is 142 cm³/mol. The number of methoxy groups -OCH3 is 1. The molecule has 1 aliphatic rings. The van der Waals surface area contributed by atoms with Gasteiger partial charge in [0.05, 0.1) is 25.3 Å². The number of nitrogen functional groups attached to an aromatic ring is 1. The van der Waals surface area contributed by atoms with E-state index in [1.807, 2.05) is 6.07 Å². The van der Waals surface area contributed by atoms with Crippen LogP contribution in [0.4, 0.5) is 5.82 Å². The molecule has 1 aliphatic heterocycles. The van der Waals surface area contributed by atoms with Crippen LogP contribution in [0.2, 0.25) is 0 Å². The minimum Gasteiger partial charge on any atom is -0.468 e. The number of carbonyl (C=O) groups excluding carboxylic acids is 2. The van der Waals surface area contributed by atoms with E-state index in [2.05, 4.69) is 15.4 Å². The molecule has 0 spiro atoms. The second-order valence-corrected chi connectivity index (χ2v) is 9.73. The molecule has 14 heteroatoms. The van der Waals surface area contributed by atoms with E-state index < -0.39 is 60.8 Å². The highest BCUT2D eigenvalue weighted by Gasteiger charge is 2.59. The normalized spacial score (nSPS) is 23.6. The zero-order chi connectivity index (χ0) is 29.7. The largest absolute Gasteiger partial charge is 0.468 e. The second kappa shape index (κ2) is 12.5. The van der Waals surface area contributed by atoms with Crippen LogP contribution in [-0.2, 0) is 28.5 Å². The Labute approximate surface area is 235 Å². The average molecular weight is 569 g/mol. The molecular weight excluding hydrogens is 536 g/mol. The summed E-state index contributed by atoms with van der Waals surface area (Å²) in [6.45, 7) is 4.27. The van der Waals surface area contributed by atoms with Gasteiger partial charge in [-0.3, -0.25) is 9.59 Å². The van der Waals surface area contributed by atoms with E-state index >= 15 is 0 Å². The number of nitrogens with zero attached hydrogens (tertiary/aromatic N) is 4. The molecule has 6 atom stereocenters. The van der Waals surface area contributed by atoms with Gasteiger partial charge in [0.25, 0.3) is 6.41 Å². The number of nitriles is 1. The molecule has 2 aromatic heterocycles. The van der Waals surface area contributed by atoms with Crippen LogP contribution in [0.1, 0.15) is 32.6 Å². The first-order chi connectivity index (χ1) is 19.6. The van der Waals surface area contributed by atoms with Gasteiger partial charge in [-0.25, -0.2) is 14.8 Å². The van der Waals surface area contributed by atoms with E-state index in [1.54, 1.807) is 63.2 Å². The summed E-state index contributed by atoms with van der Waals surface area (Å²) in [5.41, 5.74) is 4.77. The number of aliphatic hydroxyl groups excluding tert-OH is 1. The van der Waals surface area contributed by atoms with Gasteiger partial charge in [0.2, 0.25) is 5.60 Å². The Bertz CT molecular complexity index is 1410. The molecule has 0 unspecified atom stereocenters. The molecule has 4 N–H and O–H groups in total. The Kier molecular flexibility index (Phi) is 9.04. The lowest BCUT2D eigenvalue weighted by molar-refractivity contribution is -0.170. The molecule has 4 rings (SSSR count). The van der Waals surface area contributed by atoms with Crippen molar-refractivity contribution in [3.63, 3.8) is 0 Å². The molecule has 218 valence electrons. The Morgan fingerprint density at radius 1 is 1.22 bits per heavy atom. The third-order valence-electron chi connectivity index (χ3n) is 6.52. The fourth-order valence-corrected chi connectivity index (χ4v) is 4.24. The number of benzene rings is 1. The lowest BCUT2D eigenvalue weighted by Crippen LogP contribution is -2.52. The van der Waals surface area contributed by atoms with Crippen molar-refractivity contribution in [3.8, 4) is 11.8 Å². The van der Waals surface area contributed by atoms with Gasteiger partial charge >= 0.3 is 11.9 Å². The molecular formula is C27H32N6O8. The number of fused-ring (bicyclic) bond motifs is 1. The van der Waals surface area contributed by atoms with E-state index in [-0.39, 0.29) is 5.82 Å². The summed E-state index contributed by atoms with van der Waals surface area (Å²) in [7, 11) is 1.24. The molecule has 14 nitrogen and oxygen atoms in total. The number of aliphatic hydroxyl groups is 1. The summed E-state index contributed by atoms with van der Waals surface area (Å²) < 4.78 is 29.8. The van der Waals surface area contributed by atoms with E-state index in [1.165, 1.54) is 18.0 Å². The minimum atomic E-state index is -2.02. The van der Waals surface area contributed by atoms with Gasteiger partial charge in [-0.15, -0.1) is 0 Å². The standard InChI is InChI=1S/C27H32N6O8/c1-15(2)24(35)40-21-20(18-10-11-19-23(29)30-14-31-33(18)19)41-27(12-28,22(21)34)13-38-26(32-16(3)25(36)37-4)39-17-8-6-5-7-9-17/h5-11,14-16,20-22,26,32,34H,13H2,1-4H3,(H2,29,30,31)/t16-,20-,21-,22-,26+,27+/m0/s1. The first-order valence-electron chi connectivity index (χ1n) is 12.8. The Balaban J connectivity index is 1.65. The van der Waals surface area contributed by atoms with Crippen LogP contribution < -0.4 is 15.8 Å². The first kappa shape index (κ1) is 29.7. The number of hydrogen-bond donors (Lipinski definition) is 3.